The topological polar surface area (TPSA) is 64.6 Å². The van der Waals surface area contributed by atoms with Crippen molar-refractivity contribution in [3.63, 3.8) is 0 Å². The number of rotatable bonds is 8. The Labute approximate surface area is 177 Å². The number of carbonyl (C=O) groups excluding carboxylic acids is 2. The van der Waals surface area contributed by atoms with Gasteiger partial charge in [-0.15, -0.1) is 11.3 Å². The van der Waals surface area contributed by atoms with Gasteiger partial charge in [-0.05, 0) is 49.8 Å². The normalized spacial score (nSPS) is 13.4. The Bertz CT molecular complexity index is 823. The van der Waals surface area contributed by atoms with Gasteiger partial charge >= 0.3 is 5.97 Å². The van der Waals surface area contributed by atoms with Gasteiger partial charge < -0.3 is 14.8 Å². The van der Waals surface area contributed by atoms with Gasteiger partial charge in [-0.2, -0.15) is 0 Å². The molecule has 0 radical (unpaired) electrons. The molecule has 0 saturated heterocycles. The first-order valence-corrected chi connectivity index (χ1v) is 10.8. The summed E-state index contributed by atoms with van der Waals surface area (Å²) >= 11 is 1.43. The average molecular weight is 418 g/mol. The lowest BCUT2D eigenvalue weighted by atomic mass is 9.85. The first-order chi connectivity index (χ1) is 13.6. The van der Waals surface area contributed by atoms with Crippen LogP contribution in [0.25, 0.3) is 0 Å². The van der Waals surface area contributed by atoms with Gasteiger partial charge in [0.15, 0.2) is 6.10 Å². The number of nitrogens with one attached hydrogen (secondary N) is 1. The highest BCUT2D eigenvalue weighted by atomic mass is 32.1. The Morgan fingerprint density at radius 1 is 1.14 bits per heavy atom. The van der Waals surface area contributed by atoms with Crippen LogP contribution < -0.4 is 10.1 Å². The van der Waals surface area contributed by atoms with E-state index in [4.69, 9.17) is 9.47 Å². The van der Waals surface area contributed by atoms with E-state index < -0.39 is 12.1 Å². The van der Waals surface area contributed by atoms with Crippen LogP contribution in [0.5, 0.6) is 5.75 Å². The molecule has 1 amide bonds. The summed E-state index contributed by atoms with van der Waals surface area (Å²) in [6.07, 6.45) is 0.265. The van der Waals surface area contributed by atoms with E-state index in [-0.39, 0.29) is 23.8 Å². The Morgan fingerprint density at radius 3 is 2.38 bits per heavy atom. The molecule has 0 saturated carbocycles. The van der Waals surface area contributed by atoms with Gasteiger partial charge in [-0.3, -0.25) is 4.79 Å². The molecule has 158 valence electrons. The number of anilines is 1. The van der Waals surface area contributed by atoms with E-state index in [1.165, 1.54) is 11.3 Å². The Kier molecular flexibility index (Phi) is 7.85. The summed E-state index contributed by atoms with van der Waals surface area (Å²) < 4.78 is 10.9. The molecular weight excluding hydrogens is 386 g/mol. The van der Waals surface area contributed by atoms with Gasteiger partial charge in [0.05, 0.1) is 12.2 Å². The molecule has 2 rings (SSSR count). The molecular formula is C23H31NO4S. The number of hydrogen-bond acceptors (Lipinski definition) is 5. The second-order valence-electron chi connectivity index (χ2n) is 8.34. The summed E-state index contributed by atoms with van der Waals surface area (Å²) in [7, 11) is 0. The Balaban J connectivity index is 2.20. The molecule has 0 spiro atoms. The largest absolute Gasteiger partial charge is 0.481 e. The maximum atomic E-state index is 12.7. The van der Waals surface area contributed by atoms with E-state index >= 15 is 0 Å². The zero-order valence-corrected chi connectivity index (χ0v) is 18.9. The monoisotopic (exact) mass is 417 g/mol. The van der Waals surface area contributed by atoms with Crippen LogP contribution in [-0.4, -0.2) is 24.6 Å². The molecule has 6 heteroatoms. The molecule has 0 aliphatic heterocycles. The zero-order valence-electron chi connectivity index (χ0n) is 18.1. The third-order valence-corrected chi connectivity index (χ3v) is 5.59. The molecule has 1 heterocycles. The molecule has 1 aromatic carbocycles. The van der Waals surface area contributed by atoms with Crippen LogP contribution in [0.2, 0.25) is 0 Å². The maximum absolute atomic E-state index is 12.7. The number of para-hydroxylation sites is 1. The Hall–Kier alpha value is -2.34. The van der Waals surface area contributed by atoms with Crippen molar-refractivity contribution in [2.45, 2.75) is 60.0 Å². The summed E-state index contributed by atoms with van der Waals surface area (Å²) in [5.74, 6) is 0.143. The van der Waals surface area contributed by atoms with E-state index in [2.05, 4.69) is 33.0 Å². The van der Waals surface area contributed by atoms with E-state index in [0.29, 0.717) is 16.3 Å². The average Bonchev–Trinajstić information content (AvgIpc) is 3.05. The van der Waals surface area contributed by atoms with Crippen LogP contribution in [0.4, 0.5) is 5.00 Å². The van der Waals surface area contributed by atoms with Crippen LogP contribution in [0.15, 0.2) is 36.4 Å². The molecule has 2 aromatic rings. The second-order valence-corrected chi connectivity index (χ2v) is 9.42. The zero-order chi connectivity index (χ0) is 21.6. The molecule has 0 aliphatic rings. The van der Waals surface area contributed by atoms with Gasteiger partial charge in [0.1, 0.15) is 10.8 Å². The van der Waals surface area contributed by atoms with Gasteiger partial charge in [0, 0.05) is 4.88 Å². The third-order valence-electron chi connectivity index (χ3n) is 4.31. The van der Waals surface area contributed by atoms with E-state index in [1.54, 1.807) is 26.0 Å². The lowest BCUT2D eigenvalue weighted by Crippen LogP contribution is -2.30. The van der Waals surface area contributed by atoms with Crippen molar-refractivity contribution in [2.24, 2.45) is 5.41 Å². The molecule has 0 unspecified atom stereocenters. The first kappa shape index (κ1) is 22.9. The lowest BCUT2D eigenvalue weighted by molar-refractivity contribution is -0.122. The molecule has 0 aliphatic carbocycles. The fourth-order valence-electron chi connectivity index (χ4n) is 3.10. The van der Waals surface area contributed by atoms with E-state index in [9.17, 15) is 9.59 Å². The highest BCUT2D eigenvalue weighted by Gasteiger charge is 2.25. The number of amides is 1. The molecule has 29 heavy (non-hydrogen) atoms. The van der Waals surface area contributed by atoms with Crippen LogP contribution in [0, 0.1) is 5.41 Å². The fraction of sp³-hybridized carbons (Fsp3) is 0.478. The molecule has 1 N–H and O–H groups in total. The SMILES string of the molecule is CCOC(=O)c1cc([C@@H](C)CC(C)(C)C)sc1NC(=O)[C@@H](C)Oc1ccccc1. The van der Waals surface area contributed by atoms with Crippen molar-refractivity contribution >= 4 is 28.2 Å². The fourth-order valence-corrected chi connectivity index (χ4v) is 4.20. The minimum Gasteiger partial charge on any atom is -0.481 e. The minimum atomic E-state index is -0.704. The summed E-state index contributed by atoms with van der Waals surface area (Å²) in [4.78, 5) is 26.2. The highest BCUT2D eigenvalue weighted by Crippen LogP contribution is 2.38. The molecule has 1 aromatic heterocycles. The lowest BCUT2D eigenvalue weighted by Gasteiger charge is -2.22. The second kappa shape index (κ2) is 9.92. The van der Waals surface area contributed by atoms with Crippen molar-refractivity contribution in [3.05, 3.63) is 46.8 Å². The van der Waals surface area contributed by atoms with Crippen LogP contribution >= 0.6 is 11.3 Å². The minimum absolute atomic E-state index is 0.162. The van der Waals surface area contributed by atoms with Crippen molar-refractivity contribution in [1.82, 2.24) is 0 Å². The van der Waals surface area contributed by atoms with E-state index in [1.807, 2.05) is 24.3 Å². The van der Waals surface area contributed by atoms with Gasteiger partial charge in [-0.25, -0.2) is 4.79 Å². The van der Waals surface area contributed by atoms with Crippen LogP contribution in [-0.2, 0) is 9.53 Å². The molecule has 2 atom stereocenters. The standard InChI is InChI=1S/C23H31NO4S/c1-7-27-22(26)18-13-19(15(2)14-23(4,5)6)29-21(18)24-20(25)16(3)28-17-11-9-8-10-12-17/h8-13,15-16H,7,14H2,1-6H3,(H,24,25)/t15-,16+/m0/s1. The van der Waals surface area contributed by atoms with Gasteiger partial charge in [-0.1, -0.05) is 45.9 Å². The number of esters is 1. The molecule has 5 nitrogen and oxygen atoms in total. The number of benzene rings is 1. The predicted octanol–water partition coefficient (Wildman–Crippen LogP) is 5.87. The summed E-state index contributed by atoms with van der Waals surface area (Å²) in [6, 6.07) is 11.0. The van der Waals surface area contributed by atoms with Crippen molar-refractivity contribution in [2.75, 3.05) is 11.9 Å². The maximum Gasteiger partial charge on any atom is 0.341 e. The van der Waals surface area contributed by atoms with Crippen molar-refractivity contribution < 1.29 is 19.1 Å². The quantitative estimate of drug-likeness (QED) is 0.546. The van der Waals surface area contributed by atoms with Crippen LogP contribution in [0.3, 0.4) is 0 Å². The van der Waals surface area contributed by atoms with E-state index in [0.717, 1.165) is 11.3 Å². The summed E-state index contributed by atoms with van der Waals surface area (Å²) in [5.41, 5.74) is 0.558. The van der Waals surface area contributed by atoms with Crippen molar-refractivity contribution in [3.8, 4) is 5.75 Å². The highest BCUT2D eigenvalue weighted by molar-refractivity contribution is 7.16. The Morgan fingerprint density at radius 2 is 1.79 bits per heavy atom. The number of thiophene rings is 1. The number of hydrogen-bond donors (Lipinski definition) is 1. The van der Waals surface area contributed by atoms with Crippen molar-refractivity contribution in [1.29, 1.82) is 0 Å². The van der Waals surface area contributed by atoms with Gasteiger partial charge in [0.25, 0.3) is 5.91 Å². The molecule has 0 fully saturated rings. The van der Waals surface area contributed by atoms with Crippen LogP contribution in [0.1, 0.15) is 69.1 Å². The summed E-state index contributed by atoms with van der Waals surface area (Å²) in [6.45, 7) is 12.4. The third kappa shape index (κ3) is 6.89. The smallest absolute Gasteiger partial charge is 0.341 e. The van der Waals surface area contributed by atoms with Gasteiger partial charge in [0.2, 0.25) is 0 Å². The summed E-state index contributed by atoms with van der Waals surface area (Å²) in [5, 5.41) is 3.37. The predicted molar refractivity (Wildman–Crippen MR) is 118 cm³/mol. The number of ether oxygens (including phenoxy) is 2. The first-order valence-electron chi connectivity index (χ1n) is 9.94. The number of carbonyl (C=O) groups is 2. The molecule has 0 bridgehead atoms.